The smallest absolute Gasteiger partial charge is 0.313 e. The van der Waals surface area contributed by atoms with Crippen LogP contribution in [0.3, 0.4) is 0 Å². The molecule has 0 radical (unpaired) electrons. The lowest BCUT2D eigenvalue weighted by molar-refractivity contribution is -0.147. The Hall–Kier alpha value is -0.900. The molecule has 14 heavy (non-hydrogen) atoms. The van der Waals surface area contributed by atoms with E-state index in [0.29, 0.717) is 13.0 Å². The van der Waals surface area contributed by atoms with Crippen LogP contribution in [-0.4, -0.2) is 31.6 Å². The molecule has 0 aromatic rings. The van der Waals surface area contributed by atoms with Gasteiger partial charge in [0.2, 0.25) is 0 Å². The number of carbonyl (C=O) groups excluding carboxylic acids is 2. The van der Waals surface area contributed by atoms with E-state index in [2.05, 4.69) is 4.74 Å². The molecular weight excluding hydrogens is 184 g/mol. The molecule has 0 aliphatic rings. The van der Waals surface area contributed by atoms with Gasteiger partial charge in [-0.05, 0) is 13.3 Å². The first-order valence-corrected chi connectivity index (χ1v) is 4.86. The van der Waals surface area contributed by atoms with E-state index in [1.807, 2.05) is 6.92 Å². The number of methoxy groups -OCH3 is 1. The Labute approximate surface area is 84.6 Å². The van der Waals surface area contributed by atoms with Crippen LogP contribution in [0.4, 0.5) is 0 Å². The van der Waals surface area contributed by atoms with E-state index in [1.54, 1.807) is 6.92 Å². The van der Waals surface area contributed by atoms with Gasteiger partial charge in [0.05, 0.1) is 6.61 Å². The van der Waals surface area contributed by atoms with Crippen molar-refractivity contribution in [3.8, 4) is 0 Å². The van der Waals surface area contributed by atoms with Gasteiger partial charge < -0.3 is 9.47 Å². The maximum Gasteiger partial charge on any atom is 0.313 e. The molecule has 0 saturated heterocycles. The number of ether oxygens (including phenoxy) is 2. The van der Waals surface area contributed by atoms with Crippen molar-refractivity contribution in [1.29, 1.82) is 0 Å². The molecule has 0 spiro atoms. The van der Waals surface area contributed by atoms with Gasteiger partial charge in [0.1, 0.15) is 12.5 Å². The molecule has 0 aliphatic heterocycles. The van der Waals surface area contributed by atoms with Crippen LogP contribution in [0.15, 0.2) is 0 Å². The van der Waals surface area contributed by atoms with Crippen molar-refractivity contribution < 1.29 is 19.1 Å². The molecule has 0 rings (SSSR count). The monoisotopic (exact) mass is 202 g/mol. The van der Waals surface area contributed by atoms with Crippen molar-refractivity contribution >= 4 is 11.8 Å². The fourth-order valence-corrected chi connectivity index (χ4v) is 1.14. The Morgan fingerprint density at radius 1 is 1.29 bits per heavy atom. The molecule has 0 aromatic carbocycles. The average molecular weight is 202 g/mol. The van der Waals surface area contributed by atoms with E-state index >= 15 is 0 Å². The highest BCUT2D eigenvalue weighted by molar-refractivity contribution is 5.97. The lowest BCUT2D eigenvalue weighted by atomic mass is 10.1. The highest BCUT2D eigenvalue weighted by Crippen LogP contribution is 2.05. The van der Waals surface area contributed by atoms with Crippen LogP contribution in [0.2, 0.25) is 0 Å². The SMILES string of the molecule is CCCC(OC)C(=O)CC(=O)OCC. The number of hydrogen-bond donors (Lipinski definition) is 0. The summed E-state index contributed by atoms with van der Waals surface area (Å²) in [6, 6.07) is 0. The zero-order chi connectivity index (χ0) is 11.0. The van der Waals surface area contributed by atoms with E-state index in [1.165, 1.54) is 7.11 Å². The number of ketones is 1. The Bertz CT molecular complexity index is 189. The van der Waals surface area contributed by atoms with E-state index in [4.69, 9.17) is 4.74 Å². The molecule has 4 heteroatoms. The van der Waals surface area contributed by atoms with Crippen LogP contribution in [0.1, 0.15) is 33.1 Å². The van der Waals surface area contributed by atoms with Gasteiger partial charge >= 0.3 is 5.97 Å². The summed E-state index contributed by atoms with van der Waals surface area (Å²) < 4.78 is 9.64. The molecule has 0 bridgehead atoms. The molecule has 0 amide bonds. The highest BCUT2D eigenvalue weighted by atomic mass is 16.5. The maximum atomic E-state index is 11.4. The fraction of sp³-hybridized carbons (Fsp3) is 0.800. The van der Waals surface area contributed by atoms with Crippen LogP contribution in [0, 0.1) is 0 Å². The van der Waals surface area contributed by atoms with Crippen molar-refractivity contribution in [1.82, 2.24) is 0 Å². The number of rotatable bonds is 7. The minimum absolute atomic E-state index is 0.188. The zero-order valence-electron chi connectivity index (χ0n) is 9.04. The molecule has 0 N–H and O–H groups in total. The Balaban J connectivity index is 3.96. The number of Topliss-reactive ketones (excluding diaryl/α,β-unsaturated/α-hetero) is 1. The zero-order valence-corrected chi connectivity index (χ0v) is 9.04. The number of esters is 1. The number of carbonyl (C=O) groups is 2. The maximum absolute atomic E-state index is 11.4. The third-order valence-corrected chi connectivity index (χ3v) is 1.82. The fourth-order valence-electron chi connectivity index (χ4n) is 1.14. The van der Waals surface area contributed by atoms with E-state index in [-0.39, 0.29) is 12.2 Å². The minimum atomic E-state index is -0.476. The third-order valence-electron chi connectivity index (χ3n) is 1.82. The molecule has 0 aliphatic carbocycles. The van der Waals surface area contributed by atoms with Crippen molar-refractivity contribution in [2.45, 2.75) is 39.2 Å². The van der Waals surface area contributed by atoms with Gasteiger partial charge in [0.25, 0.3) is 0 Å². The second kappa shape index (κ2) is 7.50. The molecule has 0 heterocycles. The van der Waals surface area contributed by atoms with Crippen molar-refractivity contribution in [3.05, 3.63) is 0 Å². The van der Waals surface area contributed by atoms with Crippen LogP contribution in [0.5, 0.6) is 0 Å². The Morgan fingerprint density at radius 2 is 1.93 bits per heavy atom. The molecule has 0 saturated carbocycles. The first kappa shape index (κ1) is 13.1. The quantitative estimate of drug-likeness (QED) is 0.461. The van der Waals surface area contributed by atoms with Gasteiger partial charge in [-0.15, -0.1) is 0 Å². The summed E-state index contributed by atoms with van der Waals surface area (Å²) in [4.78, 5) is 22.4. The van der Waals surface area contributed by atoms with Crippen molar-refractivity contribution in [2.75, 3.05) is 13.7 Å². The second-order valence-electron chi connectivity index (χ2n) is 2.96. The molecular formula is C10H18O4. The van der Waals surface area contributed by atoms with Gasteiger partial charge in [-0.1, -0.05) is 13.3 Å². The summed E-state index contributed by atoms with van der Waals surface area (Å²) in [6.07, 6.45) is 0.846. The Morgan fingerprint density at radius 3 is 2.36 bits per heavy atom. The summed E-state index contributed by atoms with van der Waals surface area (Å²) >= 11 is 0. The molecule has 1 unspecified atom stereocenters. The standard InChI is InChI=1S/C10H18O4/c1-4-6-9(13-3)8(11)7-10(12)14-5-2/h9H,4-7H2,1-3H3. The predicted molar refractivity (Wildman–Crippen MR) is 52.0 cm³/mol. The normalized spacial score (nSPS) is 12.2. The lowest BCUT2D eigenvalue weighted by Gasteiger charge is -2.12. The third kappa shape index (κ3) is 4.97. The largest absolute Gasteiger partial charge is 0.466 e. The van der Waals surface area contributed by atoms with E-state index < -0.39 is 12.1 Å². The first-order valence-electron chi connectivity index (χ1n) is 4.86. The van der Waals surface area contributed by atoms with Crippen LogP contribution >= 0.6 is 0 Å². The number of hydrogen-bond acceptors (Lipinski definition) is 4. The minimum Gasteiger partial charge on any atom is -0.466 e. The first-order chi connectivity index (χ1) is 6.65. The summed E-state index contributed by atoms with van der Waals surface area (Å²) in [6.45, 7) is 3.98. The Kier molecular flexibility index (Phi) is 7.02. The van der Waals surface area contributed by atoms with Crippen LogP contribution < -0.4 is 0 Å². The summed E-state index contributed by atoms with van der Waals surface area (Å²) in [7, 11) is 1.48. The lowest BCUT2D eigenvalue weighted by Crippen LogP contribution is -2.25. The molecule has 0 fully saturated rings. The van der Waals surface area contributed by atoms with Crippen molar-refractivity contribution in [3.63, 3.8) is 0 Å². The van der Waals surface area contributed by atoms with Gasteiger partial charge in [-0.3, -0.25) is 9.59 Å². The van der Waals surface area contributed by atoms with Gasteiger partial charge in [-0.25, -0.2) is 0 Å². The molecule has 0 aromatic heterocycles. The van der Waals surface area contributed by atoms with Crippen LogP contribution in [0.25, 0.3) is 0 Å². The van der Waals surface area contributed by atoms with Crippen LogP contribution in [-0.2, 0) is 19.1 Å². The topological polar surface area (TPSA) is 52.6 Å². The summed E-state index contributed by atoms with van der Waals surface area (Å²) in [5.74, 6) is -0.677. The predicted octanol–water partition coefficient (Wildman–Crippen LogP) is 1.32. The van der Waals surface area contributed by atoms with E-state index in [9.17, 15) is 9.59 Å². The van der Waals surface area contributed by atoms with Gasteiger partial charge in [0, 0.05) is 7.11 Å². The average Bonchev–Trinajstić information content (AvgIpc) is 2.14. The van der Waals surface area contributed by atoms with E-state index in [0.717, 1.165) is 6.42 Å². The summed E-state index contributed by atoms with van der Waals surface area (Å²) in [5.41, 5.74) is 0. The van der Waals surface area contributed by atoms with Gasteiger partial charge in [0.15, 0.2) is 5.78 Å². The van der Waals surface area contributed by atoms with Gasteiger partial charge in [-0.2, -0.15) is 0 Å². The second-order valence-corrected chi connectivity index (χ2v) is 2.96. The highest BCUT2D eigenvalue weighted by Gasteiger charge is 2.20. The van der Waals surface area contributed by atoms with Crippen molar-refractivity contribution in [2.24, 2.45) is 0 Å². The molecule has 82 valence electrons. The summed E-state index contributed by atoms with van der Waals surface area (Å²) in [5, 5.41) is 0. The molecule has 4 nitrogen and oxygen atoms in total. The molecule has 1 atom stereocenters.